The maximum Gasteiger partial charge on any atom is 0.0546 e. The predicted octanol–water partition coefficient (Wildman–Crippen LogP) is 5.33. The highest BCUT2D eigenvalue weighted by molar-refractivity contribution is 7.85. The zero-order chi connectivity index (χ0) is 17.7. The molecule has 23 heavy (non-hydrogen) atoms. The van der Waals surface area contributed by atoms with Crippen molar-refractivity contribution >= 4 is 10.8 Å². The molecule has 0 aliphatic heterocycles. The molecular weight excluding hydrogens is 304 g/mol. The fourth-order valence-corrected chi connectivity index (χ4v) is 4.51. The summed E-state index contributed by atoms with van der Waals surface area (Å²) in [5.74, 6) is 1.70. The summed E-state index contributed by atoms with van der Waals surface area (Å²) in [6.07, 6.45) is 0.973. The van der Waals surface area contributed by atoms with Gasteiger partial charge < -0.3 is 5.11 Å². The van der Waals surface area contributed by atoms with Gasteiger partial charge in [0, 0.05) is 10.6 Å². The summed E-state index contributed by atoms with van der Waals surface area (Å²) >= 11 is 0. The van der Waals surface area contributed by atoms with E-state index in [0.29, 0.717) is 29.9 Å². The molecule has 0 unspecified atom stereocenters. The summed E-state index contributed by atoms with van der Waals surface area (Å²) in [5, 5.41) is 9.79. The summed E-state index contributed by atoms with van der Waals surface area (Å²) in [6.45, 7) is 15.1. The van der Waals surface area contributed by atoms with Crippen molar-refractivity contribution in [3.05, 3.63) is 28.8 Å². The molecule has 132 valence electrons. The second-order valence-electron chi connectivity index (χ2n) is 7.39. The molecule has 1 aromatic carbocycles. The highest BCUT2D eigenvalue weighted by Gasteiger charge is 2.21. The van der Waals surface area contributed by atoms with Gasteiger partial charge in [-0.2, -0.15) is 0 Å². The van der Waals surface area contributed by atoms with Crippen LogP contribution in [0.4, 0.5) is 0 Å². The lowest BCUT2D eigenvalue weighted by molar-refractivity contribution is 0.167. The van der Waals surface area contributed by atoms with E-state index < -0.39 is 10.8 Å². The SMILES string of the molecule is CC[C@H](O)CC[S@](=O)c1c(C(C)C)cc(C(C)C)cc1C(C)C. The van der Waals surface area contributed by atoms with Crippen molar-refractivity contribution in [1.82, 2.24) is 0 Å². The Balaban J connectivity index is 3.34. The third-order valence-electron chi connectivity index (χ3n) is 4.41. The summed E-state index contributed by atoms with van der Waals surface area (Å²) in [7, 11) is -1.05. The minimum absolute atomic E-state index is 0.348. The van der Waals surface area contributed by atoms with E-state index in [1.54, 1.807) is 0 Å². The third-order valence-corrected chi connectivity index (χ3v) is 5.95. The van der Waals surface area contributed by atoms with Crippen molar-refractivity contribution in [2.75, 3.05) is 5.75 Å². The summed E-state index contributed by atoms with van der Waals surface area (Å²) in [5.41, 5.74) is 3.75. The van der Waals surface area contributed by atoms with Crippen LogP contribution in [-0.2, 0) is 10.8 Å². The number of aliphatic hydroxyl groups is 1. The number of hydrogen-bond donors (Lipinski definition) is 1. The Morgan fingerprint density at radius 1 is 0.957 bits per heavy atom. The molecule has 3 heteroatoms. The van der Waals surface area contributed by atoms with E-state index in [0.717, 1.165) is 11.3 Å². The van der Waals surface area contributed by atoms with Gasteiger partial charge in [-0.05, 0) is 47.3 Å². The summed E-state index contributed by atoms with van der Waals surface area (Å²) in [4.78, 5) is 1.02. The Kier molecular flexibility index (Phi) is 7.96. The molecular formula is C20H34O2S. The van der Waals surface area contributed by atoms with Crippen LogP contribution in [0.15, 0.2) is 17.0 Å². The first-order chi connectivity index (χ1) is 10.7. The molecule has 1 aromatic rings. The highest BCUT2D eigenvalue weighted by Crippen LogP contribution is 2.34. The smallest absolute Gasteiger partial charge is 0.0546 e. The number of benzene rings is 1. The van der Waals surface area contributed by atoms with Crippen LogP contribution in [0.25, 0.3) is 0 Å². The van der Waals surface area contributed by atoms with Crippen molar-refractivity contribution in [2.45, 2.75) is 90.1 Å². The number of hydrogen-bond acceptors (Lipinski definition) is 2. The Hall–Kier alpha value is -0.670. The van der Waals surface area contributed by atoms with Crippen LogP contribution in [0.2, 0.25) is 0 Å². The van der Waals surface area contributed by atoms with Gasteiger partial charge in [0.25, 0.3) is 0 Å². The van der Waals surface area contributed by atoms with Crippen LogP contribution in [0, 0.1) is 0 Å². The lowest BCUT2D eigenvalue weighted by atomic mass is 9.89. The Morgan fingerprint density at radius 3 is 1.78 bits per heavy atom. The van der Waals surface area contributed by atoms with Gasteiger partial charge in [0.2, 0.25) is 0 Å². The molecule has 0 heterocycles. The van der Waals surface area contributed by atoms with E-state index in [2.05, 4.69) is 53.7 Å². The van der Waals surface area contributed by atoms with E-state index in [-0.39, 0.29) is 6.10 Å². The zero-order valence-corrected chi connectivity index (χ0v) is 16.7. The molecule has 2 nitrogen and oxygen atoms in total. The predicted molar refractivity (Wildman–Crippen MR) is 101 cm³/mol. The molecule has 0 amide bonds. The number of rotatable bonds is 8. The second kappa shape index (κ2) is 8.98. The van der Waals surface area contributed by atoms with Gasteiger partial charge >= 0.3 is 0 Å². The Bertz CT molecular complexity index is 503. The van der Waals surface area contributed by atoms with Crippen LogP contribution in [0.3, 0.4) is 0 Å². The summed E-state index contributed by atoms with van der Waals surface area (Å²) < 4.78 is 13.0. The standard InChI is InChI=1S/C20H34O2S/c1-8-17(21)9-10-23(22)20-18(14(4)5)11-16(13(2)3)12-19(20)15(6)7/h11-15,17,21H,8-10H2,1-7H3/t17-,23-/m0/s1. The molecule has 0 spiro atoms. The lowest BCUT2D eigenvalue weighted by Crippen LogP contribution is -2.14. The van der Waals surface area contributed by atoms with E-state index in [1.165, 1.54) is 16.7 Å². The van der Waals surface area contributed by atoms with Gasteiger partial charge in [-0.3, -0.25) is 4.21 Å². The molecule has 0 radical (unpaired) electrons. The average Bonchev–Trinajstić information content (AvgIpc) is 2.50. The van der Waals surface area contributed by atoms with Gasteiger partial charge in [0.1, 0.15) is 0 Å². The third kappa shape index (κ3) is 5.42. The molecule has 2 atom stereocenters. The maximum absolute atomic E-state index is 13.0. The van der Waals surface area contributed by atoms with Crippen LogP contribution in [0.5, 0.6) is 0 Å². The van der Waals surface area contributed by atoms with Gasteiger partial charge in [-0.1, -0.05) is 60.6 Å². The fraction of sp³-hybridized carbons (Fsp3) is 0.700. The molecule has 0 aromatic heterocycles. The quantitative estimate of drug-likeness (QED) is 0.696. The molecule has 0 aliphatic carbocycles. The van der Waals surface area contributed by atoms with Crippen LogP contribution < -0.4 is 0 Å². The monoisotopic (exact) mass is 338 g/mol. The highest BCUT2D eigenvalue weighted by atomic mass is 32.2. The van der Waals surface area contributed by atoms with Crippen molar-refractivity contribution in [3.8, 4) is 0 Å². The molecule has 1 rings (SSSR count). The zero-order valence-electron chi connectivity index (χ0n) is 15.8. The maximum atomic E-state index is 13.0. The van der Waals surface area contributed by atoms with E-state index >= 15 is 0 Å². The normalized spacial score (nSPS) is 14.7. The topological polar surface area (TPSA) is 37.3 Å². The van der Waals surface area contributed by atoms with Gasteiger partial charge in [0.05, 0.1) is 16.9 Å². The first-order valence-corrected chi connectivity index (χ1v) is 10.2. The van der Waals surface area contributed by atoms with Gasteiger partial charge in [0.15, 0.2) is 0 Å². The van der Waals surface area contributed by atoms with Crippen LogP contribution in [-0.4, -0.2) is 21.2 Å². The van der Waals surface area contributed by atoms with Crippen LogP contribution in [0.1, 0.15) is 95.8 Å². The van der Waals surface area contributed by atoms with E-state index in [1.807, 2.05) is 6.92 Å². The first-order valence-electron chi connectivity index (χ1n) is 8.93. The molecule has 0 saturated carbocycles. The van der Waals surface area contributed by atoms with Crippen molar-refractivity contribution in [3.63, 3.8) is 0 Å². The van der Waals surface area contributed by atoms with Crippen molar-refractivity contribution in [1.29, 1.82) is 0 Å². The molecule has 0 saturated heterocycles. The molecule has 0 fully saturated rings. The molecule has 0 bridgehead atoms. The minimum Gasteiger partial charge on any atom is -0.393 e. The Morgan fingerprint density at radius 2 is 1.43 bits per heavy atom. The van der Waals surface area contributed by atoms with Gasteiger partial charge in [-0.15, -0.1) is 0 Å². The van der Waals surface area contributed by atoms with E-state index in [4.69, 9.17) is 0 Å². The lowest BCUT2D eigenvalue weighted by Gasteiger charge is -2.22. The van der Waals surface area contributed by atoms with Crippen molar-refractivity contribution in [2.24, 2.45) is 0 Å². The van der Waals surface area contributed by atoms with Gasteiger partial charge in [-0.25, -0.2) is 0 Å². The first kappa shape index (κ1) is 20.4. The van der Waals surface area contributed by atoms with E-state index in [9.17, 15) is 9.32 Å². The minimum atomic E-state index is -1.05. The second-order valence-corrected chi connectivity index (χ2v) is 8.90. The molecule has 0 aliphatic rings. The van der Waals surface area contributed by atoms with Crippen LogP contribution >= 0.6 is 0 Å². The fourth-order valence-electron chi connectivity index (χ4n) is 2.70. The largest absolute Gasteiger partial charge is 0.393 e. The summed E-state index contributed by atoms with van der Waals surface area (Å²) in [6, 6.07) is 4.48. The molecule has 1 N–H and O–H groups in total. The average molecular weight is 339 g/mol. The number of aliphatic hydroxyl groups excluding tert-OH is 1. The Labute approximate surface area is 145 Å². The van der Waals surface area contributed by atoms with Crippen molar-refractivity contribution < 1.29 is 9.32 Å².